The smallest absolute Gasteiger partial charge is 0.128 e. The highest BCUT2D eigenvalue weighted by Crippen LogP contribution is 2.31. The van der Waals surface area contributed by atoms with E-state index in [0.29, 0.717) is 12.5 Å². The summed E-state index contributed by atoms with van der Waals surface area (Å²) in [5, 5.41) is 1.36. The van der Waals surface area contributed by atoms with Gasteiger partial charge >= 0.3 is 0 Å². The highest BCUT2D eigenvalue weighted by Gasteiger charge is 2.21. The van der Waals surface area contributed by atoms with E-state index in [1.54, 1.807) is 6.07 Å². The van der Waals surface area contributed by atoms with Crippen molar-refractivity contribution in [2.45, 2.75) is 39.3 Å². The first-order valence-corrected chi connectivity index (χ1v) is 9.60. The van der Waals surface area contributed by atoms with Crippen molar-refractivity contribution in [3.05, 3.63) is 69.1 Å². The molecule has 3 aromatic rings. The molecule has 2 heterocycles. The fourth-order valence-corrected chi connectivity index (χ4v) is 4.03. The largest absolute Gasteiger partial charge is 0.357 e. The Bertz CT molecular complexity index is 929. The van der Waals surface area contributed by atoms with E-state index in [1.807, 2.05) is 12.1 Å². The highest BCUT2D eigenvalue weighted by atomic mass is 79.9. The van der Waals surface area contributed by atoms with Gasteiger partial charge in [-0.15, -0.1) is 0 Å². The number of nitrogens with zero attached hydrogens (tertiary/aromatic N) is 1. The number of hydrogen-bond acceptors (Lipinski definition) is 1. The molecule has 1 aromatic heterocycles. The first-order chi connectivity index (χ1) is 12.0. The van der Waals surface area contributed by atoms with E-state index >= 15 is 0 Å². The van der Waals surface area contributed by atoms with Crippen molar-refractivity contribution in [2.75, 3.05) is 6.54 Å². The Hall–Kier alpha value is -1.65. The predicted molar refractivity (Wildman–Crippen MR) is 104 cm³/mol. The van der Waals surface area contributed by atoms with Crippen molar-refractivity contribution in [3.63, 3.8) is 0 Å². The van der Waals surface area contributed by atoms with Gasteiger partial charge in [0.1, 0.15) is 5.82 Å². The summed E-state index contributed by atoms with van der Waals surface area (Å²) in [6.07, 6.45) is 1.01. The molecule has 0 unspecified atom stereocenters. The summed E-state index contributed by atoms with van der Waals surface area (Å²) in [7, 11) is 0. The predicted octanol–water partition coefficient (Wildman–Crippen LogP) is 5.75. The van der Waals surface area contributed by atoms with Crippen LogP contribution in [-0.4, -0.2) is 16.4 Å². The standard InChI is InChI=1S/C21H22BrFN2/c1-13(2)14-4-6-20-18(9-14)17-7-8-25(12-21(17)24-20)11-15-3-5-16(22)10-19(15)23/h3-6,9-10,13,24H,7-8,11-12H2,1-2H3. The fraction of sp³-hybridized carbons (Fsp3) is 0.333. The van der Waals surface area contributed by atoms with E-state index < -0.39 is 0 Å². The number of nitrogens with one attached hydrogen (secondary N) is 1. The maximum atomic E-state index is 14.1. The van der Waals surface area contributed by atoms with Crippen LogP contribution in [0.4, 0.5) is 4.39 Å². The Balaban J connectivity index is 1.60. The lowest BCUT2D eigenvalue weighted by Gasteiger charge is -2.27. The lowest BCUT2D eigenvalue weighted by atomic mass is 9.97. The third kappa shape index (κ3) is 3.25. The van der Waals surface area contributed by atoms with Gasteiger partial charge < -0.3 is 4.98 Å². The molecule has 1 aliphatic heterocycles. The first kappa shape index (κ1) is 16.8. The maximum absolute atomic E-state index is 14.1. The third-order valence-corrected chi connectivity index (χ3v) is 5.65. The minimum atomic E-state index is -0.140. The minimum absolute atomic E-state index is 0.140. The zero-order valence-electron chi connectivity index (χ0n) is 14.6. The van der Waals surface area contributed by atoms with Gasteiger partial charge in [-0.05, 0) is 47.7 Å². The zero-order valence-corrected chi connectivity index (χ0v) is 16.2. The average molecular weight is 401 g/mol. The van der Waals surface area contributed by atoms with E-state index in [0.717, 1.165) is 29.5 Å². The van der Waals surface area contributed by atoms with Gasteiger partial charge in [0.25, 0.3) is 0 Å². The number of fused-ring (bicyclic) bond motifs is 3. The van der Waals surface area contributed by atoms with E-state index in [9.17, 15) is 4.39 Å². The Labute approximate surface area is 156 Å². The van der Waals surface area contributed by atoms with Gasteiger partial charge in [0.15, 0.2) is 0 Å². The Morgan fingerprint density at radius 2 is 2.04 bits per heavy atom. The molecule has 1 N–H and O–H groups in total. The number of aromatic amines is 1. The summed E-state index contributed by atoms with van der Waals surface area (Å²) in [6, 6.07) is 12.1. The van der Waals surface area contributed by atoms with Crippen molar-refractivity contribution >= 4 is 26.8 Å². The summed E-state index contributed by atoms with van der Waals surface area (Å²) >= 11 is 3.32. The number of benzene rings is 2. The molecular weight excluding hydrogens is 379 g/mol. The summed E-state index contributed by atoms with van der Waals surface area (Å²) in [5.74, 6) is 0.397. The number of halogens is 2. The molecule has 1 aliphatic rings. The summed E-state index contributed by atoms with van der Waals surface area (Å²) in [4.78, 5) is 5.89. The molecule has 0 atom stereocenters. The first-order valence-electron chi connectivity index (χ1n) is 8.81. The minimum Gasteiger partial charge on any atom is -0.357 e. The van der Waals surface area contributed by atoms with Gasteiger partial charge in [-0.1, -0.05) is 41.9 Å². The van der Waals surface area contributed by atoms with Gasteiger partial charge in [-0.25, -0.2) is 4.39 Å². The van der Waals surface area contributed by atoms with Crippen LogP contribution >= 0.6 is 15.9 Å². The molecule has 0 fully saturated rings. The van der Waals surface area contributed by atoms with E-state index in [-0.39, 0.29) is 5.82 Å². The summed E-state index contributed by atoms with van der Waals surface area (Å²) < 4.78 is 14.9. The van der Waals surface area contributed by atoms with Crippen LogP contribution in [0.25, 0.3) is 10.9 Å². The number of rotatable bonds is 3. The molecule has 25 heavy (non-hydrogen) atoms. The van der Waals surface area contributed by atoms with Crippen LogP contribution in [0.15, 0.2) is 40.9 Å². The molecule has 0 amide bonds. The molecule has 0 saturated carbocycles. The Morgan fingerprint density at radius 1 is 1.20 bits per heavy atom. The molecule has 2 aromatic carbocycles. The van der Waals surface area contributed by atoms with Crippen LogP contribution in [0.1, 0.15) is 42.1 Å². The second-order valence-corrected chi connectivity index (χ2v) is 8.15. The van der Waals surface area contributed by atoms with Gasteiger partial charge in [0.2, 0.25) is 0 Å². The lowest BCUT2D eigenvalue weighted by molar-refractivity contribution is 0.240. The van der Waals surface area contributed by atoms with Crippen LogP contribution < -0.4 is 0 Å². The average Bonchev–Trinajstić information content (AvgIpc) is 2.94. The molecular formula is C21H22BrFN2. The molecule has 4 rings (SSSR count). The molecule has 0 radical (unpaired) electrons. The Kier molecular flexibility index (Phi) is 4.42. The SMILES string of the molecule is CC(C)c1ccc2[nH]c3c(c2c1)CCN(Cc1ccc(Br)cc1F)C3. The van der Waals surface area contributed by atoms with Crippen molar-refractivity contribution < 1.29 is 4.39 Å². The summed E-state index contributed by atoms with van der Waals surface area (Å²) in [5.41, 5.74) is 6.06. The Morgan fingerprint density at radius 3 is 2.80 bits per heavy atom. The molecule has 2 nitrogen and oxygen atoms in total. The molecule has 0 saturated heterocycles. The van der Waals surface area contributed by atoms with Crippen molar-refractivity contribution in [2.24, 2.45) is 0 Å². The van der Waals surface area contributed by atoms with Crippen LogP contribution in [-0.2, 0) is 19.5 Å². The molecule has 0 spiro atoms. The number of H-pyrrole nitrogens is 1. The normalized spacial score (nSPS) is 15.1. The quantitative estimate of drug-likeness (QED) is 0.592. The number of aromatic nitrogens is 1. The van der Waals surface area contributed by atoms with Gasteiger partial charge in [-0.3, -0.25) is 4.90 Å². The maximum Gasteiger partial charge on any atom is 0.128 e. The van der Waals surface area contributed by atoms with Crippen LogP contribution in [0.2, 0.25) is 0 Å². The van der Waals surface area contributed by atoms with E-state index in [1.165, 1.54) is 27.7 Å². The van der Waals surface area contributed by atoms with E-state index in [2.05, 4.69) is 57.9 Å². The van der Waals surface area contributed by atoms with Crippen LogP contribution in [0.5, 0.6) is 0 Å². The summed E-state index contributed by atoms with van der Waals surface area (Å²) in [6.45, 7) is 6.91. The van der Waals surface area contributed by atoms with Gasteiger partial charge in [0, 0.05) is 46.3 Å². The third-order valence-electron chi connectivity index (χ3n) is 5.15. The highest BCUT2D eigenvalue weighted by molar-refractivity contribution is 9.10. The van der Waals surface area contributed by atoms with Crippen molar-refractivity contribution in [3.8, 4) is 0 Å². The second kappa shape index (κ2) is 6.58. The van der Waals surface area contributed by atoms with Gasteiger partial charge in [0.05, 0.1) is 0 Å². The van der Waals surface area contributed by atoms with Crippen molar-refractivity contribution in [1.29, 1.82) is 0 Å². The number of hydrogen-bond donors (Lipinski definition) is 1. The van der Waals surface area contributed by atoms with Gasteiger partial charge in [-0.2, -0.15) is 0 Å². The molecule has 0 aliphatic carbocycles. The topological polar surface area (TPSA) is 19.0 Å². The monoisotopic (exact) mass is 400 g/mol. The zero-order chi connectivity index (χ0) is 17.6. The van der Waals surface area contributed by atoms with Crippen molar-refractivity contribution in [1.82, 2.24) is 9.88 Å². The lowest BCUT2D eigenvalue weighted by Crippen LogP contribution is -2.30. The second-order valence-electron chi connectivity index (χ2n) is 7.24. The molecule has 130 valence electrons. The molecule has 0 bridgehead atoms. The molecule has 4 heteroatoms. The van der Waals surface area contributed by atoms with Crippen LogP contribution in [0.3, 0.4) is 0 Å². The van der Waals surface area contributed by atoms with E-state index in [4.69, 9.17) is 0 Å². The fourth-order valence-electron chi connectivity index (χ4n) is 3.70. The van der Waals surface area contributed by atoms with Crippen LogP contribution in [0, 0.1) is 5.82 Å².